The first-order valence-corrected chi connectivity index (χ1v) is 7.15. The Morgan fingerprint density at radius 1 is 1.28 bits per heavy atom. The Morgan fingerprint density at radius 2 is 1.94 bits per heavy atom. The van der Waals surface area contributed by atoms with Crippen molar-refractivity contribution in [2.75, 3.05) is 18.0 Å². The third kappa shape index (κ3) is 2.94. The van der Waals surface area contributed by atoms with Crippen molar-refractivity contribution in [2.45, 2.75) is 46.5 Å². The van der Waals surface area contributed by atoms with Gasteiger partial charge in [-0.05, 0) is 24.7 Å². The fourth-order valence-corrected chi connectivity index (χ4v) is 2.67. The number of nitrogens with zero attached hydrogens (tertiary/aromatic N) is 3. The van der Waals surface area contributed by atoms with Crippen LogP contribution in [-0.4, -0.2) is 23.1 Å². The van der Waals surface area contributed by atoms with Gasteiger partial charge in [-0.15, -0.1) is 0 Å². The fraction of sp³-hybridized carbons (Fsp3) is 0.714. The minimum atomic E-state index is 0.457. The number of aromatic nitrogens is 2. The van der Waals surface area contributed by atoms with E-state index in [2.05, 4.69) is 35.6 Å². The zero-order chi connectivity index (χ0) is 13.2. The highest BCUT2D eigenvalue weighted by molar-refractivity contribution is 6.30. The van der Waals surface area contributed by atoms with E-state index in [0.717, 1.165) is 37.3 Å². The van der Waals surface area contributed by atoms with Gasteiger partial charge in [-0.1, -0.05) is 38.8 Å². The molecule has 4 heteroatoms. The average Bonchev–Trinajstić information content (AvgIpc) is 2.32. The molecule has 1 aliphatic rings. The van der Waals surface area contributed by atoms with Crippen LogP contribution in [0.4, 0.5) is 5.82 Å². The summed E-state index contributed by atoms with van der Waals surface area (Å²) >= 11 is 6.21. The minimum Gasteiger partial charge on any atom is -0.356 e. The highest BCUT2D eigenvalue weighted by atomic mass is 35.5. The Balaban J connectivity index is 2.21. The summed E-state index contributed by atoms with van der Waals surface area (Å²) < 4.78 is 0. The second-order valence-corrected chi connectivity index (χ2v) is 6.23. The molecule has 0 saturated carbocycles. The predicted molar refractivity (Wildman–Crippen MR) is 76.3 cm³/mol. The maximum Gasteiger partial charge on any atom is 0.137 e. The molecule has 3 nitrogen and oxygen atoms in total. The van der Waals surface area contributed by atoms with Gasteiger partial charge in [0.05, 0.1) is 0 Å². The van der Waals surface area contributed by atoms with Gasteiger partial charge in [-0.3, -0.25) is 0 Å². The van der Waals surface area contributed by atoms with E-state index in [1.807, 2.05) is 0 Å². The average molecular weight is 268 g/mol. The van der Waals surface area contributed by atoms with Crippen molar-refractivity contribution >= 4 is 17.4 Å². The molecule has 2 rings (SSSR count). The molecule has 0 atom stereocenters. The summed E-state index contributed by atoms with van der Waals surface area (Å²) in [6.07, 6.45) is 6.02. The van der Waals surface area contributed by atoms with Crippen LogP contribution in [0, 0.1) is 5.41 Å². The van der Waals surface area contributed by atoms with Gasteiger partial charge in [0.15, 0.2) is 0 Å². The Labute approximate surface area is 115 Å². The van der Waals surface area contributed by atoms with E-state index < -0.39 is 0 Å². The van der Waals surface area contributed by atoms with E-state index in [0.29, 0.717) is 10.6 Å². The molecule has 2 heterocycles. The van der Waals surface area contributed by atoms with Gasteiger partial charge >= 0.3 is 0 Å². The summed E-state index contributed by atoms with van der Waals surface area (Å²) in [6, 6.07) is 0. The molecule has 0 unspecified atom stereocenters. The maximum atomic E-state index is 6.21. The van der Waals surface area contributed by atoms with Crippen molar-refractivity contribution in [3.05, 3.63) is 17.0 Å². The molecule has 0 N–H and O–H groups in total. The zero-order valence-electron chi connectivity index (χ0n) is 11.5. The predicted octanol–water partition coefficient (Wildman–Crippen LogP) is 3.71. The van der Waals surface area contributed by atoms with Crippen LogP contribution >= 0.6 is 11.6 Å². The number of rotatable bonds is 3. The van der Waals surface area contributed by atoms with E-state index in [1.165, 1.54) is 12.8 Å². The van der Waals surface area contributed by atoms with Crippen LogP contribution in [0.3, 0.4) is 0 Å². The number of halogens is 1. The maximum absolute atomic E-state index is 6.21. The first-order valence-electron chi connectivity index (χ1n) is 6.78. The highest BCUT2D eigenvalue weighted by Crippen LogP contribution is 2.33. The van der Waals surface area contributed by atoms with Gasteiger partial charge in [0.25, 0.3) is 0 Å². The number of piperidine rings is 1. The van der Waals surface area contributed by atoms with E-state index in [-0.39, 0.29) is 0 Å². The molecule has 1 aliphatic heterocycles. The largest absolute Gasteiger partial charge is 0.356 e. The Kier molecular flexibility index (Phi) is 4.10. The number of hydrogen-bond acceptors (Lipinski definition) is 3. The summed E-state index contributed by atoms with van der Waals surface area (Å²) in [5, 5.41) is 0.617. The van der Waals surface area contributed by atoms with Crippen LogP contribution in [0.5, 0.6) is 0 Å². The molecular formula is C14H22ClN3. The van der Waals surface area contributed by atoms with Crippen molar-refractivity contribution in [2.24, 2.45) is 5.41 Å². The minimum absolute atomic E-state index is 0.457. The first kappa shape index (κ1) is 13.6. The van der Waals surface area contributed by atoms with Gasteiger partial charge < -0.3 is 4.90 Å². The van der Waals surface area contributed by atoms with Crippen LogP contribution in [0.1, 0.15) is 45.6 Å². The zero-order valence-corrected chi connectivity index (χ0v) is 12.3. The Bertz CT molecular complexity index is 408. The van der Waals surface area contributed by atoms with Gasteiger partial charge in [0, 0.05) is 18.7 Å². The summed E-state index contributed by atoms with van der Waals surface area (Å²) in [5.74, 6) is 1.05. The molecule has 100 valence electrons. The summed E-state index contributed by atoms with van der Waals surface area (Å²) in [7, 11) is 0. The molecule has 1 aromatic heterocycles. The Morgan fingerprint density at radius 3 is 2.56 bits per heavy atom. The van der Waals surface area contributed by atoms with E-state index in [9.17, 15) is 0 Å². The molecule has 1 fully saturated rings. The topological polar surface area (TPSA) is 29.0 Å². The highest BCUT2D eigenvalue weighted by Gasteiger charge is 2.27. The van der Waals surface area contributed by atoms with E-state index in [4.69, 9.17) is 11.6 Å². The molecule has 0 amide bonds. The van der Waals surface area contributed by atoms with Gasteiger partial charge in [0.1, 0.15) is 17.3 Å². The normalized spacial score (nSPS) is 19.0. The first-order chi connectivity index (χ1) is 8.53. The molecule has 1 saturated heterocycles. The van der Waals surface area contributed by atoms with Crippen molar-refractivity contribution in [1.82, 2.24) is 9.97 Å². The second-order valence-electron chi connectivity index (χ2n) is 5.87. The summed E-state index contributed by atoms with van der Waals surface area (Å²) in [5.41, 5.74) is 1.57. The lowest BCUT2D eigenvalue weighted by Crippen LogP contribution is -2.38. The second kappa shape index (κ2) is 5.43. The molecule has 0 aliphatic carbocycles. The van der Waals surface area contributed by atoms with Crippen LogP contribution in [0.15, 0.2) is 6.33 Å². The summed E-state index contributed by atoms with van der Waals surface area (Å²) in [4.78, 5) is 10.9. The molecular weight excluding hydrogens is 246 g/mol. The van der Waals surface area contributed by atoms with Crippen molar-refractivity contribution in [1.29, 1.82) is 0 Å². The number of anilines is 1. The Hall–Kier alpha value is -0.830. The molecule has 0 aromatic carbocycles. The fourth-order valence-electron chi connectivity index (χ4n) is 2.44. The van der Waals surface area contributed by atoms with E-state index >= 15 is 0 Å². The molecule has 0 bridgehead atoms. The quantitative estimate of drug-likeness (QED) is 0.782. The van der Waals surface area contributed by atoms with Crippen molar-refractivity contribution < 1.29 is 0 Å². The monoisotopic (exact) mass is 267 g/mol. The van der Waals surface area contributed by atoms with Crippen molar-refractivity contribution in [3.8, 4) is 0 Å². The lowest BCUT2D eigenvalue weighted by molar-refractivity contribution is 0.279. The van der Waals surface area contributed by atoms with Crippen molar-refractivity contribution in [3.63, 3.8) is 0 Å². The van der Waals surface area contributed by atoms with Crippen LogP contribution in [0.2, 0.25) is 5.15 Å². The molecule has 0 radical (unpaired) electrons. The number of hydrogen-bond donors (Lipinski definition) is 0. The molecule has 0 spiro atoms. The van der Waals surface area contributed by atoms with Gasteiger partial charge in [0.2, 0.25) is 0 Å². The van der Waals surface area contributed by atoms with E-state index in [1.54, 1.807) is 6.33 Å². The smallest absolute Gasteiger partial charge is 0.137 e. The lowest BCUT2D eigenvalue weighted by atomic mass is 9.82. The summed E-state index contributed by atoms with van der Waals surface area (Å²) in [6.45, 7) is 8.97. The standard InChI is InChI=1S/C14H22ClN3/c1-4-5-11-12(15)16-10-17-13(11)18-8-6-14(2,3)7-9-18/h10H,4-9H2,1-3H3. The van der Waals surface area contributed by atoms with Crippen LogP contribution < -0.4 is 4.90 Å². The van der Waals surface area contributed by atoms with Crippen LogP contribution in [-0.2, 0) is 6.42 Å². The lowest BCUT2D eigenvalue weighted by Gasteiger charge is -2.38. The third-order valence-corrected chi connectivity index (χ3v) is 4.11. The SMILES string of the molecule is CCCc1c(Cl)ncnc1N1CCC(C)(C)CC1. The molecule has 18 heavy (non-hydrogen) atoms. The van der Waals surface area contributed by atoms with Gasteiger partial charge in [-0.25, -0.2) is 9.97 Å². The van der Waals surface area contributed by atoms with Gasteiger partial charge in [-0.2, -0.15) is 0 Å². The molecule has 1 aromatic rings. The third-order valence-electron chi connectivity index (χ3n) is 3.79. The van der Waals surface area contributed by atoms with Crippen LogP contribution in [0.25, 0.3) is 0 Å².